The molecule has 0 saturated heterocycles. The topological polar surface area (TPSA) is 40.0 Å². The van der Waals surface area contributed by atoms with Crippen LogP contribution < -0.4 is 14.5 Å². The molecule has 0 unspecified atom stereocenters. The lowest BCUT2D eigenvalue weighted by molar-refractivity contribution is -0.685. The summed E-state index contributed by atoms with van der Waals surface area (Å²) in [4.78, 5) is 4.18. The molecule has 6 nitrogen and oxygen atoms in total. The summed E-state index contributed by atoms with van der Waals surface area (Å²) in [6.07, 6.45) is 10.8. The van der Waals surface area contributed by atoms with E-state index >= 15 is 0 Å². The van der Waals surface area contributed by atoms with Gasteiger partial charge >= 0.3 is 5.82 Å². The lowest BCUT2D eigenvalue weighted by Gasteiger charge is -2.11. The van der Waals surface area contributed by atoms with E-state index in [0.29, 0.717) is 0 Å². The van der Waals surface area contributed by atoms with Gasteiger partial charge in [-0.3, -0.25) is 0 Å². The average molecular weight is 418 g/mol. The molecule has 3 aromatic rings. The van der Waals surface area contributed by atoms with Crippen molar-refractivity contribution in [2.75, 3.05) is 38.0 Å². The van der Waals surface area contributed by atoms with Crippen molar-refractivity contribution in [3.8, 4) is 0 Å². The molecular weight excluding hydrogens is 384 g/mol. The first-order valence-corrected chi connectivity index (χ1v) is 10.7. The van der Waals surface area contributed by atoms with Gasteiger partial charge < -0.3 is 9.80 Å². The smallest absolute Gasteiger partial charge is 0.307 e. The molecule has 162 valence electrons. The van der Waals surface area contributed by atoms with Crippen molar-refractivity contribution in [2.45, 2.75) is 26.2 Å². The zero-order chi connectivity index (χ0) is 22.2. The fourth-order valence-electron chi connectivity index (χ4n) is 3.15. The van der Waals surface area contributed by atoms with Crippen LogP contribution in [-0.4, -0.2) is 45.3 Å². The van der Waals surface area contributed by atoms with Crippen LogP contribution in [0.1, 0.15) is 36.7 Å². The highest BCUT2D eigenvalue weighted by Gasteiger charge is 2.16. The Morgan fingerprint density at radius 3 is 1.90 bits per heavy atom. The lowest BCUT2D eigenvalue weighted by atomic mass is 10.2. The van der Waals surface area contributed by atoms with Crippen molar-refractivity contribution < 1.29 is 4.68 Å². The predicted octanol–water partition coefficient (Wildman–Crippen LogP) is 4.01. The molecule has 2 aromatic carbocycles. The quantitative estimate of drug-likeness (QED) is 0.390. The number of hydrogen-bond donors (Lipinski definition) is 0. The summed E-state index contributed by atoms with van der Waals surface area (Å²) >= 11 is 0. The third-order valence-corrected chi connectivity index (χ3v) is 5.11. The maximum atomic E-state index is 4.69. The summed E-state index contributed by atoms with van der Waals surface area (Å²) in [6.45, 7) is 2.20. The number of nitrogens with zero attached hydrogens (tertiary/aromatic N) is 6. The van der Waals surface area contributed by atoms with E-state index in [1.165, 1.54) is 11.4 Å². The monoisotopic (exact) mass is 417 g/mol. The van der Waals surface area contributed by atoms with E-state index in [9.17, 15) is 0 Å². The predicted molar refractivity (Wildman–Crippen MR) is 131 cm³/mol. The molecule has 0 bridgehead atoms. The highest BCUT2D eigenvalue weighted by molar-refractivity contribution is 5.80. The molecule has 0 amide bonds. The van der Waals surface area contributed by atoms with Crippen LogP contribution >= 0.6 is 0 Å². The number of hydrogen-bond acceptors (Lipinski definition) is 4. The largest absolute Gasteiger partial charge is 0.378 e. The van der Waals surface area contributed by atoms with Gasteiger partial charge in [0.05, 0.1) is 18.9 Å². The minimum absolute atomic E-state index is 0.914. The Hall–Kier alpha value is -3.41. The van der Waals surface area contributed by atoms with Crippen LogP contribution in [0.4, 0.5) is 11.4 Å². The third-order valence-electron chi connectivity index (χ3n) is 5.11. The molecule has 1 aromatic heterocycles. The highest BCUT2D eigenvalue weighted by Crippen LogP contribution is 2.12. The molecule has 1 heterocycles. The number of anilines is 2. The molecule has 31 heavy (non-hydrogen) atoms. The van der Waals surface area contributed by atoms with Crippen molar-refractivity contribution in [3.05, 3.63) is 77.9 Å². The Labute approximate surface area is 185 Å². The Balaban J connectivity index is 1.80. The van der Waals surface area contributed by atoms with E-state index in [2.05, 4.69) is 75.5 Å². The zero-order valence-electron chi connectivity index (χ0n) is 19.2. The summed E-state index contributed by atoms with van der Waals surface area (Å²) in [5.74, 6) is 1.06. The minimum Gasteiger partial charge on any atom is -0.378 e. The van der Waals surface area contributed by atoms with Crippen LogP contribution in [0.3, 0.4) is 0 Å². The second-order valence-electron chi connectivity index (χ2n) is 7.97. The molecule has 0 aliphatic rings. The van der Waals surface area contributed by atoms with E-state index in [0.717, 1.165) is 36.2 Å². The van der Waals surface area contributed by atoms with E-state index in [1.54, 1.807) is 0 Å². The van der Waals surface area contributed by atoms with E-state index in [4.69, 9.17) is 0 Å². The molecule has 0 spiro atoms. The van der Waals surface area contributed by atoms with Crippen LogP contribution in [0.2, 0.25) is 0 Å². The first kappa shape index (κ1) is 22.3. The fraction of sp³-hybridized carbons (Fsp3) is 0.320. The molecule has 0 fully saturated rings. The van der Waals surface area contributed by atoms with Crippen molar-refractivity contribution in [2.24, 2.45) is 10.2 Å². The van der Waals surface area contributed by atoms with Gasteiger partial charge in [0.1, 0.15) is 0 Å². The van der Waals surface area contributed by atoms with Crippen LogP contribution in [-0.2, 0) is 6.42 Å². The molecule has 6 heteroatoms. The molecule has 0 saturated carbocycles. The minimum atomic E-state index is 0.914. The fourth-order valence-corrected chi connectivity index (χ4v) is 3.15. The molecule has 0 N–H and O–H groups in total. The van der Waals surface area contributed by atoms with Gasteiger partial charge in [-0.15, -0.1) is 9.35 Å². The van der Waals surface area contributed by atoms with Crippen molar-refractivity contribution in [3.63, 3.8) is 0 Å². The maximum Gasteiger partial charge on any atom is 0.307 e. The molecule has 3 rings (SSSR count). The third kappa shape index (κ3) is 6.04. The van der Waals surface area contributed by atoms with Crippen LogP contribution in [0, 0.1) is 0 Å². The SMILES string of the molecule is CCCCc1n(/N=C/c2ccc(N(C)C)cc2)cc[n+]1/N=C/c1ccc(N(C)C)cc1. The van der Waals surface area contributed by atoms with E-state index in [-0.39, 0.29) is 0 Å². The highest BCUT2D eigenvalue weighted by atomic mass is 15.5. The first-order chi connectivity index (χ1) is 15.0. The summed E-state index contributed by atoms with van der Waals surface area (Å²) in [5, 5.41) is 9.38. The van der Waals surface area contributed by atoms with Crippen molar-refractivity contribution in [1.82, 2.24) is 4.68 Å². The van der Waals surface area contributed by atoms with Crippen molar-refractivity contribution in [1.29, 1.82) is 0 Å². The van der Waals surface area contributed by atoms with Gasteiger partial charge in [-0.2, -0.15) is 0 Å². The zero-order valence-corrected chi connectivity index (χ0v) is 19.2. The first-order valence-electron chi connectivity index (χ1n) is 10.7. The number of aromatic nitrogens is 2. The summed E-state index contributed by atoms with van der Waals surface area (Å²) < 4.78 is 3.84. The second kappa shape index (κ2) is 10.6. The van der Waals surface area contributed by atoms with Gasteiger partial charge in [0, 0.05) is 39.6 Å². The summed E-state index contributed by atoms with van der Waals surface area (Å²) in [6, 6.07) is 16.7. The number of rotatable bonds is 9. The Morgan fingerprint density at radius 1 is 0.839 bits per heavy atom. The summed E-state index contributed by atoms with van der Waals surface area (Å²) in [7, 11) is 8.16. The Morgan fingerprint density at radius 2 is 1.39 bits per heavy atom. The molecule has 0 aliphatic carbocycles. The van der Waals surface area contributed by atoms with Gasteiger partial charge in [-0.05, 0) is 41.8 Å². The van der Waals surface area contributed by atoms with Crippen LogP contribution in [0.15, 0.2) is 71.1 Å². The number of benzene rings is 2. The maximum absolute atomic E-state index is 4.69. The molecule has 0 radical (unpaired) electrons. The normalized spacial score (nSPS) is 11.5. The summed E-state index contributed by atoms with van der Waals surface area (Å²) in [5.41, 5.74) is 4.48. The molecular formula is C25H33N6+. The number of unbranched alkanes of at least 4 members (excludes halogenated alkanes) is 1. The standard InChI is InChI=1S/C25H33N6/c1-6-7-8-25-30(26-19-21-9-13-23(14-10-21)28(2)3)17-18-31(25)27-20-22-11-15-24(16-12-22)29(4)5/h9-20H,6-8H2,1-5H3/q+1/b26-19+,27-20+. The Bertz CT molecular complexity index is 932. The lowest BCUT2D eigenvalue weighted by Crippen LogP contribution is -2.31. The van der Waals surface area contributed by atoms with Gasteiger partial charge in [0.25, 0.3) is 0 Å². The van der Waals surface area contributed by atoms with Crippen molar-refractivity contribution >= 4 is 23.8 Å². The van der Waals surface area contributed by atoms with E-state index < -0.39 is 0 Å². The van der Waals surface area contributed by atoms with Gasteiger partial charge in [-0.25, -0.2) is 0 Å². The Kier molecular flexibility index (Phi) is 7.60. The average Bonchev–Trinajstić information content (AvgIpc) is 3.16. The van der Waals surface area contributed by atoms with Crippen LogP contribution in [0.25, 0.3) is 0 Å². The second-order valence-corrected chi connectivity index (χ2v) is 7.97. The van der Waals surface area contributed by atoms with E-state index in [1.807, 2.05) is 62.4 Å². The number of imidazole rings is 1. The van der Waals surface area contributed by atoms with Gasteiger partial charge in [0.15, 0.2) is 12.4 Å². The molecule has 0 aliphatic heterocycles. The molecule has 0 atom stereocenters. The van der Waals surface area contributed by atoms with Gasteiger partial charge in [0.2, 0.25) is 0 Å². The van der Waals surface area contributed by atoms with Gasteiger partial charge in [-0.1, -0.05) is 47.8 Å². The van der Waals surface area contributed by atoms with Crippen LogP contribution in [0.5, 0.6) is 0 Å².